The van der Waals surface area contributed by atoms with Crippen LogP contribution in [0.1, 0.15) is 22.3 Å². The van der Waals surface area contributed by atoms with Gasteiger partial charge in [0, 0.05) is 22.1 Å². The van der Waals surface area contributed by atoms with E-state index in [4.69, 9.17) is 0 Å². The Labute approximate surface area is 410 Å². The largest absolute Gasteiger partial charge is 0.308 e. The van der Waals surface area contributed by atoms with E-state index >= 15 is 0 Å². The molecule has 0 amide bonds. The molecule has 0 N–H and O–H groups in total. The number of nitrogens with zero attached hydrogens (tertiary/aromatic N) is 2. The molecule has 2 aliphatic carbocycles. The van der Waals surface area contributed by atoms with Gasteiger partial charge in [0.2, 0.25) is 0 Å². The van der Waals surface area contributed by atoms with Crippen LogP contribution in [0.2, 0.25) is 0 Å². The number of benzene rings is 13. The summed E-state index contributed by atoms with van der Waals surface area (Å²) in [5.41, 5.74) is 16.6. The van der Waals surface area contributed by atoms with Crippen molar-refractivity contribution in [2.24, 2.45) is 0 Å². The molecule has 0 aliphatic heterocycles. The van der Waals surface area contributed by atoms with Crippen LogP contribution < -0.4 is 4.90 Å². The van der Waals surface area contributed by atoms with Gasteiger partial charge in [0.1, 0.15) is 0 Å². The van der Waals surface area contributed by atoms with Crippen molar-refractivity contribution in [2.75, 3.05) is 4.90 Å². The number of fused-ring (bicyclic) bond motifs is 22. The quantitative estimate of drug-likeness (QED) is 0.160. The second-order valence-corrected chi connectivity index (χ2v) is 19.5. The van der Waals surface area contributed by atoms with Gasteiger partial charge in [-0.2, -0.15) is 0 Å². The van der Waals surface area contributed by atoms with E-state index in [-0.39, 0.29) is 0 Å². The zero-order valence-electron chi connectivity index (χ0n) is 38.6. The van der Waals surface area contributed by atoms with E-state index < -0.39 is 5.41 Å². The minimum Gasteiger partial charge on any atom is -0.308 e. The summed E-state index contributed by atoms with van der Waals surface area (Å²) in [6, 6.07) is 95.9. The minimum atomic E-state index is -0.542. The van der Waals surface area contributed by atoms with Crippen LogP contribution in [0.5, 0.6) is 0 Å². The second kappa shape index (κ2) is 14.4. The van der Waals surface area contributed by atoms with Gasteiger partial charge in [-0.05, 0) is 147 Å². The third-order valence-corrected chi connectivity index (χ3v) is 16.1. The average molecular weight is 899 g/mol. The van der Waals surface area contributed by atoms with Crippen molar-refractivity contribution in [3.8, 4) is 27.9 Å². The highest BCUT2D eigenvalue weighted by atomic mass is 15.2. The van der Waals surface area contributed by atoms with E-state index in [9.17, 15) is 0 Å². The molecule has 0 radical (unpaired) electrons. The Morgan fingerprint density at radius 3 is 1.30 bits per heavy atom. The van der Waals surface area contributed by atoms with E-state index in [0.29, 0.717) is 0 Å². The lowest BCUT2D eigenvalue weighted by Gasteiger charge is -2.33. The number of anilines is 3. The molecule has 0 atom stereocenters. The van der Waals surface area contributed by atoms with Crippen molar-refractivity contribution >= 4 is 92.7 Å². The van der Waals surface area contributed by atoms with Crippen molar-refractivity contribution < 1.29 is 0 Å². The lowest BCUT2D eigenvalue weighted by atomic mass is 9.70. The molecule has 2 aliphatic rings. The Kier molecular flexibility index (Phi) is 7.85. The summed E-state index contributed by atoms with van der Waals surface area (Å²) in [5.74, 6) is 0. The SMILES string of the molecule is c1ccc2c(c1)-c1ccccc1C21c2ccccc2-c2cc(-n3c4ccccc4c4ccccc43)c(N(c3ccc4c(ccc5ccccc54)c3)c3ccc4c5ccccc5c5ccccc5c4c3)cc21. The van der Waals surface area contributed by atoms with Gasteiger partial charge in [-0.25, -0.2) is 0 Å². The Balaban J connectivity index is 1.08. The molecule has 1 heterocycles. The molecule has 1 aromatic heterocycles. The summed E-state index contributed by atoms with van der Waals surface area (Å²) in [5, 5.41) is 14.9. The molecule has 13 aromatic carbocycles. The van der Waals surface area contributed by atoms with Crippen LogP contribution in [0.4, 0.5) is 17.1 Å². The normalized spacial score (nSPS) is 13.2. The highest BCUT2D eigenvalue weighted by molar-refractivity contribution is 6.26. The fraction of sp³-hybridized carbons (Fsp3) is 0.0145. The van der Waals surface area contributed by atoms with Crippen molar-refractivity contribution in [3.63, 3.8) is 0 Å². The van der Waals surface area contributed by atoms with Crippen LogP contribution in [0.3, 0.4) is 0 Å². The third-order valence-electron chi connectivity index (χ3n) is 16.1. The maximum absolute atomic E-state index is 2.58. The monoisotopic (exact) mass is 898 g/mol. The van der Waals surface area contributed by atoms with E-state index in [1.165, 1.54) is 120 Å². The van der Waals surface area contributed by atoms with E-state index in [1.54, 1.807) is 0 Å². The standard InChI is InChI=1S/C69H42N2/c1-2-18-47-43(17-1)33-34-44-39-45(35-37-48(44)47)70(46-36-38-53-51-21-4-3-19-49(51)50-20-5-6-22-52(50)59(53)40-46)68-42-64-60(41-67(68)71-65-31-15-10-26-57(65)58-27-11-16-32-66(58)71)56-25-9-14-30-63(56)69(64)61-28-12-7-23-54(61)55-24-8-13-29-62(55)69/h1-42H. The van der Waals surface area contributed by atoms with Gasteiger partial charge in [0.15, 0.2) is 0 Å². The first kappa shape index (κ1) is 38.7. The molecule has 2 nitrogen and oxygen atoms in total. The van der Waals surface area contributed by atoms with Crippen molar-refractivity contribution in [1.29, 1.82) is 0 Å². The van der Waals surface area contributed by atoms with Crippen molar-refractivity contribution in [1.82, 2.24) is 4.57 Å². The van der Waals surface area contributed by atoms with Crippen molar-refractivity contribution in [2.45, 2.75) is 5.41 Å². The smallest absolute Gasteiger partial charge is 0.0726 e. The van der Waals surface area contributed by atoms with Crippen LogP contribution in [0.25, 0.3) is 104 Å². The Morgan fingerprint density at radius 1 is 0.268 bits per heavy atom. The predicted octanol–water partition coefficient (Wildman–Crippen LogP) is 18.4. The van der Waals surface area contributed by atoms with Gasteiger partial charge in [-0.1, -0.05) is 206 Å². The third kappa shape index (κ3) is 5.15. The fourth-order valence-corrected chi connectivity index (χ4v) is 13.3. The molecular formula is C69H42N2. The molecule has 14 aromatic rings. The predicted molar refractivity (Wildman–Crippen MR) is 299 cm³/mol. The lowest BCUT2D eigenvalue weighted by molar-refractivity contribution is 0.793. The number of para-hydroxylation sites is 2. The van der Waals surface area contributed by atoms with Crippen LogP contribution in [0, 0.1) is 0 Å². The van der Waals surface area contributed by atoms with Gasteiger partial charge in [-0.15, -0.1) is 0 Å². The lowest BCUT2D eigenvalue weighted by Crippen LogP contribution is -2.26. The highest BCUT2D eigenvalue weighted by Gasteiger charge is 2.52. The molecule has 0 saturated carbocycles. The molecule has 2 heteroatoms. The Hall–Kier alpha value is -9.24. The Morgan fingerprint density at radius 2 is 0.690 bits per heavy atom. The van der Waals surface area contributed by atoms with Crippen LogP contribution in [0.15, 0.2) is 255 Å². The van der Waals surface area contributed by atoms with E-state index in [1.807, 2.05) is 0 Å². The number of aromatic nitrogens is 1. The molecule has 0 saturated heterocycles. The van der Waals surface area contributed by atoms with Gasteiger partial charge in [0.05, 0.1) is 27.8 Å². The molecular weight excluding hydrogens is 857 g/mol. The fourth-order valence-electron chi connectivity index (χ4n) is 13.3. The molecule has 1 spiro atoms. The van der Waals surface area contributed by atoms with Gasteiger partial charge in [0.25, 0.3) is 0 Å². The summed E-state index contributed by atoms with van der Waals surface area (Å²) in [4.78, 5) is 2.57. The molecule has 0 unspecified atom stereocenters. The summed E-state index contributed by atoms with van der Waals surface area (Å²) < 4.78 is 2.54. The summed E-state index contributed by atoms with van der Waals surface area (Å²) >= 11 is 0. The zero-order valence-corrected chi connectivity index (χ0v) is 38.6. The molecule has 71 heavy (non-hydrogen) atoms. The van der Waals surface area contributed by atoms with E-state index in [2.05, 4.69) is 264 Å². The number of hydrogen-bond acceptors (Lipinski definition) is 1. The summed E-state index contributed by atoms with van der Waals surface area (Å²) in [6.45, 7) is 0. The first-order chi connectivity index (χ1) is 35.2. The molecule has 0 fully saturated rings. The molecule has 16 rings (SSSR count). The van der Waals surface area contributed by atoms with E-state index in [0.717, 1.165) is 22.7 Å². The highest BCUT2D eigenvalue weighted by Crippen LogP contribution is 2.64. The van der Waals surface area contributed by atoms with Gasteiger partial charge >= 0.3 is 0 Å². The molecule has 0 bridgehead atoms. The second-order valence-electron chi connectivity index (χ2n) is 19.5. The van der Waals surface area contributed by atoms with Gasteiger partial charge < -0.3 is 9.47 Å². The Bertz CT molecular complexity index is 4480. The number of rotatable bonds is 4. The van der Waals surface area contributed by atoms with Crippen molar-refractivity contribution in [3.05, 3.63) is 277 Å². The van der Waals surface area contributed by atoms with Gasteiger partial charge in [-0.3, -0.25) is 0 Å². The molecule has 328 valence electrons. The summed E-state index contributed by atoms with van der Waals surface area (Å²) in [6.07, 6.45) is 0. The maximum atomic E-state index is 2.58. The maximum Gasteiger partial charge on any atom is 0.0726 e. The zero-order chi connectivity index (χ0) is 46.4. The first-order valence-corrected chi connectivity index (χ1v) is 24.8. The van der Waals surface area contributed by atoms with Crippen LogP contribution in [-0.2, 0) is 5.41 Å². The van der Waals surface area contributed by atoms with Crippen LogP contribution in [-0.4, -0.2) is 4.57 Å². The summed E-state index contributed by atoms with van der Waals surface area (Å²) in [7, 11) is 0. The first-order valence-electron chi connectivity index (χ1n) is 24.8. The topological polar surface area (TPSA) is 8.17 Å². The van der Waals surface area contributed by atoms with Crippen LogP contribution >= 0.6 is 0 Å². The number of hydrogen-bond donors (Lipinski definition) is 0. The minimum absolute atomic E-state index is 0.542. The average Bonchev–Trinajstić information content (AvgIpc) is 4.05.